The van der Waals surface area contributed by atoms with Crippen LogP contribution in [0.25, 0.3) is 11.3 Å². The Bertz CT molecular complexity index is 806. The second-order valence-electron chi connectivity index (χ2n) is 6.89. The molecule has 0 aliphatic carbocycles. The zero-order chi connectivity index (χ0) is 17.6. The Morgan fingerprint density at radius 2 is 1.72 bits per heavy atom. The van der Waals surface area contributed by atoms with Crippen LogP contribution >= 0.6 is 22.6 Å². The highest BCUT2D eigenvalue weighted by Crippen LogP contribution is 2.25. The fourth-order valence-corrected chi connectivity index (χ4v) is 3.84. The first-order chi connectivity index (χ1) is 12.1. The van der Waals surface area contributed by atoms with Crippen molar-refractivity contribution in [2.75, 3.05) is 0 Å². The Morgan fingerprint density at radius 3 is 2.44 bits per heavy atom. The number of aryl methyl sites for hydroxylation is 2. The summed E-state index contributed by atoms with van der Waals surface area (Å²) >= 11 is 2.43. The van der Waals surface area contributed by atoms with Crippen molar-refractivity contribution in [1.29, 1.82) is 0 Å². The number of hydrogen-bond donors (Lipinski definition) is 0. The number of benzene rings is 2. The molecule has 0 saturated heterocycles. The molecule has 0 saturated carbocycles. The minimum Gasteiger partial charge on any atom is -0.334 e. The number of hydrogen-bond acceptors (Lipinski definition) is 1. The summed E-state index contributed by atoms with van der Waals surface area (Å²) in [5.41, 5.74) is 5.17. The molecular formula is C22H25IN2. The van der Waals surface area contributed by atoms with E-state index < -0.39 is 0 Å². The van der Waals surface area contributed by atoms with Gasteiger partial charge in [0.1, 0.15) is 0 Å². The lowest BCUT2D eigenvalue weighted by atomic mass is 10.0. The third-order valence-electron chi connectivity index (χ3n) is 4.40. The summed E-state index contributed by atoms with van der Waals surface area (Å²) < 4.78 is 3.72. The lowest BCUT2D eigenvalue weighted by Crippen LogP contribution is -2.07. The molecule has 0 atom stereocenters. The monoisotopic (exact) mass is 444 g/mol. The molecule has 0 aliphatic heterocycles. The molecule has 3 rings (SSSR count). The molecule has 0 fully saturated rings. The van der Waals surface area contributed by atoms with Crippen LogP contribution in [0.3, 0.4) is 0 Å². The normalized spacial score (nSPS) is 11.2. The molecule has 0 N–H and O–H groups in total. The van der Waals surface area contributed by atoms with Crippen molar-refractivity contribution in [2.24, 2.45) is 5.92 Å². The van der Waals surface area contributed by atoms with Crippen molar-refractivity contribution in [3.63, 3.8) is 0 Å². The predicted molar refractivity (Wildman–Crippen MR) is 114 cm³/mol. The van der Waals surface area contributed by atoms with Crippen LogP contribution in [0, 0.1) is 9.49 Å². The van der Waals surface area contributed by atoms with Crippen LogP contribution in [0.1, 0.15) is 31.5 Å². The van der Waals surface area contributed by atoms with E-state index in [1.165, 1.54) is 20.4 Å². The molecular weight excluding hydrogens is 419 g/mol. The molecule has 2 aromatic carbocycles. The molecule has 2 nitrogen and oxygen atoms in total. The Morgan fingerprint density at radius 1 is 1.00 bits per heavy atom. The average molecular weight is 444 g/mol. The maximum atomic E-state index is 4.74. The smallest absolute Gasteiger partial charge is 0.0956 e. The van der Waals surface area contributed by atoms with Crippen molar-refractivity contribution in [3.05, 3.63) is 75.8 Å². The van der Waals surface area contributed by atoms with Gasteiger partial charge in [0, 0.05) is 21.4 Å². The summed E-state index contributed by atoms with van der Waals surface area (Å²) in [6.07, 6.45) is 5.33. The Hall–Kier alpha value is -1.62. The van der Waals surface area contributed by atoms with Crippen LogP contribution in [0.5, 0.6) is 0 Å². The number of nitrogens with zero attached hydrogens (tertiary/aromatic N) is 2. The third kappa shape index (κ3) is 4.72. The largest absolute Gasteiger partial charge is 0.334 e. The molecule has 0 radical (unpaired) electrons. The predicted octanol–water partition coefficient (Wildman–Crippen LogP) is 5.99. The van der Waals surface area contributed by atoms with Crippen LogP contribution in [0.2, 0.25) is 0 Å². The van der Waals surface area contributed by atoms with E-state index in [1.54, 1.807) is 0 Å². The van der Waals surface area contributed by atoms with E-state index in [-0.39, 0.29) is 0 Å². The van der Waals surface area contributed by atoms with Crippen LogP contribution in [-0.4, -0.2) is 9.55 Å². The molecule has 0 aliphatic rings. The average Bonchev–Trinajstić information content (AvgIpc) is 2.99. The van der Waals surface area contributed by atoms with Crippen LogP contribution < -0.4 is 0 Å². The first-order valence-electron chi connectivity index (χ1n) is 8.98. The van der Waals surface area contributed by atoms with Gasteiger partial charge >= 0.3 is 0 Å². The summed E-state index contributed by atoms with van der Waals surface area (Å²) in [5.74, 6) is 0.619. The molecule has 3 heteroatoms. The zero-order valence-corrected chi connectivity index (χ0v) is 17.1. The van der Waals surface area contributed by atoms with Crippen molar-refractivity contribution < 1.29 is 0 Å². The fraction of sp³-hybridized carbons (Fsp3) is 0.318. The van der Waals surface area contributed by atoms with E-state index in [9.17, 15) is 0 Å². The number of imidazole rings is 1. The lowest BCUT2D eigenvalue weighted by molar-refractivity contribution is 0.569. The van der Waals surface area contributed by atoms with Gasteiger partial charge in [-0.05, 0) is 59.4 Å². The van der Waals surface area contributed by atoms with E-state index >= 15 is 0 Å². The zero-order valence-electron chi connectivity index (χ0n) is 15.0. The molecule has 130 valence electrons. The maximum absolute atomic E-state index is 4.74. The van der Waals surface area contributed by atoms with E-state index in [1.807, 2.05) is 6.33 Å². The van der Waals surface area contributed by atoms with Gasteiger partial charge in [0.25, 0.3) is 0 Å². The van der Waals surface area contributed by atoms with E-state index in [2.05, 4.69) is 95.6 Å². The topological polar surface area (TPSA) is 17.8 Å². The molecule has 3 aromatic rings. The second kappa shape index (κ2) is 8.65. The Balaban J connectivity index is 1.77. The van der Waals surface area contributed by atoms with Gasteiger partial charge in [0.2, 0.25) is 0 Å². The molecule has 0 unspecified atom stereocenters. The number of halogens is 1. The second-order valence-corrected chi connectivity index (χ2v) is 8.05. The molecule has 1 heterocycles. The van der Waals surface area contributed by atoms with E-state index in [0.717, 1.165) is 31.5 Å². The first kappa shape index (κ1) is 18.2. The van der Waals surface area contributed by atoms with Gasteiger partial charge in [0.05, 0.1) is 12.0 Å². The minimum absolute atomic E-state index is 0.619. The van der Waals surface area contributed by atoms with Crippen molar-refractivity contribution in [1.82, 2.24) is 9.55 Å². The van der Waals surface area contributed by atoms with E-state index in [0.29, 0.717) is 5.92 Å². The van der Waals surface area contributed by atoms with Gasteiger partial charge < -0.3 is 4.57 Å². The van der Waals surface area contributed by atoms with Gasteiger partial charge in [-0.1, -0.05) is 62.4 Å². The van der Waals surface area contributed by atoms with Gasteiger partial charge in [-0.3, -0.25) is 0 Å². The molecule has 0 spiro atoms. The van der Waals surface area contributed by atoms with Gasteiger partial charge in [-0.15, -0.1) is 0 Å². The first-order valence-corrected chi connectivity index (χ1v) is 10.1. The van der Waals surface area contributed by atoms with Crippen LogP contribution in [-0.2, 0) is 19.4 Å². The van der Waals surface area contributed by atoms with Crippen molar-refractivity contribution in [3.8, 4) is 11.3 Å². The summed E-state index contributed by atoms with van der Waals surface area (Å²) in [5, 5.41) is 0. The SMILES string of the molecule is CC(C)Cc1c(-c2ccccc2)ncn1CCCc1ccccc1I. The quantitative estimate of drug-likeness (QED) is 0.410. The lowest BCUT2D eigenvalue weighted by Gasteiger charge is -2.13. The molecule has 0 amide bonds. The van der Waals surface area contributed by atoms with Gasteiger partial charge in [-0.25, -0.2) is 4.98 Å². The molecule has 1 aromatic heterocycles. The minimum atomic E-state index is 0.619. The van der Waals surface area contributed by atoms with Crippen molar-refractivity contribution in [2.45, 2.75) is 39.7 Å². The highest BCUT2D eigenvalue weighted by molar-refractivity contribution is 14.1. The fourth-order valence-electron chi connectivity index (χ4n) is 3.18. The third-order valence-corrected chi connectivity index (χ3v) is 5.45. The Kier molecular flexibility index (Phi) is 6.29. The van der Waals surface area contributed by atoms with Gasteiger partial charge in [-0.2, -0.15) is 0 Å². The molecule has 0 bridgehead atoms. The van der Waals surface area contributed by atoms with Gasteiger partial charge in [0.15, 0.2) is 0 Å². The van der Waals surface area contributed by atoms with Crippen molar-refractivity contribution >= 4 is 22.6 Å². The maximum Gasteiger partial charge on any atom is 0.0956 e. The summed E-state index contributed by atoms with van der Waals surface area (Å²) in [7, 11) is 0. The van der Waals surface area contributed by atoms with E-state index in [4.69, 9.17) is 4.98 Å². The summed E-state index contributed by atoms with van der Waals surface area (Å²) in [6.45, 7) is 5.57. The summed E-state index contributed by atoms with van der Waals surface area (Å²) in [4.78, 5) is 4.74. The number of aromatic nitrogens is 2. The highest BCUT2D eigenvalue weighted by Gasteiger charge is 2.14. The van der Waals surface area contributed by atoms with Crippen LogP contribution in [0.4, 0.5) is 0 Å². The summed E-state index contributed by atoms with van der Waals surface area (Å²) in [6, 6.07) is 19.2. The Labute approximate surface area is 164 Å². The molecule has 25 heavy (non-hydrogen) atoms. The highest BCUT2D eigenvalue weighted by atomic mass is 127. The van der Waals surface area contributed by atoms with Crippen LogP contribution in [0.15, 0.2) is 60.9 Å². The standard InChI is InChI=1S/C22H25IN2/c1-17(2)15-21-22(19-10-4-3-5-11-19)24-16-25(21)14-8-12-18-9-6-7-13-20(18)23/h3-7,9-11,13,16-17H,8,12,14-15H2,1-2H3. The number of rotatable bonds is 7.